The summed E-state index contributed by atoms with van der Waals surface area (Å²) in [6.45, 7) is 2.87. The molecule has 0 spiro atoms. The number of phenolic OH excluding ortho intramolecular Hbond substituents is 1. The van der Waals surface area contributed by atoms with Crippen molar-refractivity contribution in [3.05, 3.63) is 52.0 Å². The quantitative estimate of drug-likeness (QED) is 0.845. The monoisotopic (exact) mass is 347 g/mol. The molecule has 1 aliphatic rings. The molecule has 1 unspecified atom stereocenters. The molecule has 0 aromatic heterocycles. The summed E-state index contributed by atoms with van der Waals surface area (Å²) in [5.74, 6) is 1.31. The van der Waals surface area contributed by atoms with Gasteiger partial charge in [0, 0.05) is 22.1 Å². The van der Waals surface area contributed by atoms with Gasteiger partial charge >= 0.3 is 0 Å². The van der Waals surface area contributed by atoms with Gasteiger partial charge in [-0.3, -0.25) is 0 Å². The molecule has 1 atom stereocenters. The lowest BCUT2D eigenvalue weighted by atomic mass is 10.0. The van der Waals surface area contributed by atoms with Crippen LogP contribution in [-0.2, 0) is 6.42 Å². The van der Waals surface area contributed by atoms with Crippen LogP contribution in [0.4, 0.5) is 5.69 Å². The van der Waals surface area contributed by atoms with E-state index in [1.807, 2.05) is 24.3 Å². The summed E-state index contributed by atoms with van der Waals surface area (Å²) in [7, 11) is 0. The number of rotatable bonds is 4. The zero-order chi connectivity index (χ0) is 14.8. The third-order valence-electron chi connectivity index (χ3n) is 3.80. The van der Waals surface area contributed by atoms with E-state index in [0.717, 1.165) is 40.9 Å². The molecule has 1 aliphatic heterocycles. The molecule has 0 fully saturated rings. The van der Waals surface area contributed by atoms with Crippen LogP contribution in [0.25, 0.3) is 0 Å². The average Bonchev–Trinajstić information content (AvgIpc) is 2.95. The minimum Gasteiger partial charge on any atom is -0.508 e. The van der Waals surface area contributed by atoms with Crippen molar-refractivity contribution in [1.82, 2.24) is 0 Å². The predicted molar refractivity (Wildman–Crippen MR) is 88.1 cm³/mol. The normalized spacial score (nSPS) is 14.4. The van der Waals surface area contributed by atoms with E-state index in [2.05, 4.69) is 34.2 Å². The second kappa shape index (κ2) is 5.98. The molecule has 2 aromatic carbocycles. The number of hydrogen-bond donors (Lipinski definition) is 2. The number of phenols is 1. The maximum atomic E-state index is 10.1. The third kappa shape index (κ3) is 3.00. The molecule has 2 N–H and O–H groups in total. The Kier molecular flexibility index (Phi) is 4.06. The Labute approximate surface area is 133 Å². The Hall–Kier alpha value is -1.68. The number of nitrogens with one attached hydrogen (secondary N) is 1. The van der Waals surface area contributed by atoms with Crippen molar-refractivity contribution in [3.8, 4) is 11.5 Å². The van der Waals surface area contributed by atoms with E-state index in [9.17, 15) is 5.11 Å². The fourth-order valence-corrected chi connectivity index (χ4v) is 3.06. The second-order valence-electron chi connectivity index (χ2n) is 5.23. The van der Waals surface area contributed by atoms with Gasteiger partial charge in [-0.25, -0.2) is 0 Å². The third-order valence-corrected chi connectivity index (χ3v) is 4.30. The second-order valence-corrected chi connectivity index (χ2v) is 6.14. The van der Waals surface area contributed by atoms with Crippen molar-refractivity contribution in [1.29, 1.82) is 0 Å². The van der Waals surface area contributed by atoms with E-state index >= 15 is 0 Å². The number of hydrogen-bond acceptors (Lipinski definition) is 3. The van der Waals surface area contributed by atoms with Crippen LogP contribution in [0.1, 0.15) is 30.5 Å². The fraction of sp³-hybridized carbons (Fsp3) is 0.294. The molecule has 21 heavy (non-hydrogen) atoms. The first-order valence-corrected chi connectivity index (χ1v) is 7.97. The Morgan fingerprint density at radius 1 is 1.29 bits per heavy atom. The average molecular weight is 348 g/mol. The van der Waals surface area contributed by atoms with E-state index in [4.69, 9.17) is 4.74 Å². The highest BCUT2D eigenvalue weighted by Crippen LogP contribution is 2.34. The molecular weight excluding hydrogens is 330 g/mol. The topological polar surface area (TPSA) is 41.5 Å². The van der Waals surface area contributed by atoms with Gasteiger partial charge in [0.15, 0.2) is 0 Å². The summed E-state index contributed by atoms with van der Waals surface area (Å²) in [6, 6.07) is 11.8. The minimum atomic E-state index is 0.0721. The highest BCUT2D eigenvalue weighted by Gasteiger charge is 2.16. The molecule has 1 heterocycles. The molecule has 0 amide bonds. The summed E-state index contributed by atoms with van der Waals surface area (Å²) in [5.41, 5.74) is 3.21. The van der Waals surface area contributed by atoms with Gasteiger partial charge in [0.2, 0.25) is 0 Å². The lowest BCUT2D eigenvalue weighted by molar-refractivity contribution is 0.357. The number of ether oxygens (including phenoxy) is 1. The lowest BCUT2D eigenvalue weighted by Crippen LogP contribution is -2.10. The van der Waals surface area contributed by atoms with Gasteiger partial charge < -0.3 is 15.2 Å². The molecular formula is C17H18BrNO2. The molecule has 2 aromatic rings. The first-order valence-electron chi connectivity index (χ1n) is 7.18. The molecule has 3 rings (SSSR count). The Morgan fingerprint density at radius 3 is 2.95 bits per heavy atom. The summed E-state index contributed by atoms with van der Waals surface area (Å²) in [5, 5.41) is 13.6. The Morgan fingerprint density at radius 2 is 2.14 bits per heavy atom. The van der Waals surface area contributed by atoms with Crippen molar-refractivity contribution in [2.24, 2.45) is 0 Å². The van der Waals surface area contributed by atoms with Crippen molar-refractivity contribution in [3.63, 3.8) is 0 Å². The highest BCUT2D eigenvalue weighted by molar-refractivity contribution is 9.10. The number of anilines is 1. The highest BCUT2D eigenvalue weighted by atomic mass is 79.9. The molecule has 0 aliphatic carbocycles. The summed E-state index contributed by atoms with van der Waals surface area (Å²) in [4.78, 5) is 0. The SMILES string of the molecule is CCC(Nc1ccc2c(c1)CCO2)c1cc(Br)ccc1O. The fourth-order valence-electron chi connectivity index (χ4n) is 2.68. The van der Waals surface area contributed by atoms with Crippen LogP contribution in [0.15, 0.2) is 40.9 Å². The maximum Gasteiger partial charge on any atom is 0.122 e. The molecule has 0 saturated carbocycles. The van der Waals surface area contributed by atoms with Crippen LogP contribution in [0.5, 0.6) is 11.5 Å². The van der Waals surface area contributed by atoms with E-state index in [0.29, 0.717) is 5.75 Å². The van der Waals surface area contributed by atoms with E-state index < -0.39 is 0 Å². The van der Waals surface area contributed by atoms with Crippen molar-refractivity contribution in [2.45, 2.75) is 25.8 Å². The summed E-state index contributed by atoms with van der Waals surface area (Å²) >= 11 is 3.46. The van der Waals surface area contributed by atoms with Crippen LogP contribution in [0.3, 0.4) is 0 Å². The van der Waals surface area contributed by atoms with Crippen molar-refractivity contribution >= 4 is 21.6 Å². The summed E-state index contributed by atoms with van der Waals surface area (Å²) in [6.07, 6.45) is 1.85. The predicted octanol–water partition coefficient (Wildman–Crippen LogP) is 4.65. The Bertz CT molecular complexity index is 657. The number of halogens is 1. The van der Waals surface area contributed by atoms with Gasteiger partial charge in [0.1, 0.15) is 11.5 Å². The largest absolute Gasteiger partial charge is 0.508 e. The first kappa shape index (κ1) is 14.3. The number of aromatic hydroxyl groups is 1. The van der Waals surface area contributed by atoms with Crippen LogP contribution in [0.2, 0.25) is 0 Å². The molecule has 110 valence electrons. The van der Waals surface area contributed by atoms with Gasteiger partial charge in [-0.1, -0.05) is 22.9 Å². The molecule has 4 heteroatoms. The smallest absolute Gasteiger partial charge is 0.122 e. The van der Waals surface area contributed by atoms with E-state index in [1.54, 1.807) is 6.07 Å². The van der Waals surface area contributed by atoms with Crippen molar-refractivity contribution < 1.29 is 9.84 Å². The van der Waals surface area contributed by atoms with Gasteiger partial charge in [-0.2, -0.15) is 0 Å². The standard InChI is InChI=1S/C17H18BrNO2/c1-2-15(14-10-12(18)3-5-16(14)20)19-13-4-6-17-11(9-13)7-8-21-17/h3-6,9-10,15,19-20H,2,7-8H2,1H3. The van der Waals surface area contributed by atoms with Gasteiger partial charge in [-0.05, 0) is 48.4 Å². The lowest BCUT2D eigenvalue weighted by Gasteiger charge is -2.20. The zero-order valence-corrected chi connectivity index (χ0v) is 13.5. The molecule has 0 saturated heterocycles. The van der Waals surface area contributed by atoms with Crippen molar-refractivity contribution in [2.75, 3.05) is 11.9 Å². The molecule has 0 radical (unpaired) electrons. The van der Waals surface area contributed by atoms with Gasteiger partial charge in [-0.15, -0.1) is 0 Å². The van der Waals surface area contributed by atoms with Gasteiger partial charge in [0.25, 0.3) is 0 Å². The van der Waals surface area contributed by atoms with Crippen LogP contribution in [-0.4, -0.2) is 11.7 Å². The van der Waals surface area contributed by atoms with Crippen LogP contribution in [0, 0.1) is 0 Å². The number of benzene rings is 2. The summed E-state index contributed by atoms with van der Waals surface area (Å²) < 4.78 is 6.50. The number of fused-ring (bicyclic) bond motifs is 1. The van der Waals surface area contributed by atoms with Gasteiger partial charge in [0.05, 0.1) is 12.6 Å². The first-order chi connectivity index (χ1) is 10.2. The zero-order valence-electron chi connectivity index (χ0n) is 11.9. The van der Waals surface area contributed by atoms with Crippen LogP contribution < -0.4 is 10.1 Å². The minimum absolute atomic E-state index is 0.0721. The molecule has 0 bridgehead atoms. The van der Waals surface area contributed by atoms with Crippen LogP contribution >= 0.6 is 15.9 Å². The van der Waals surface area contributed by atoms with E-state index in [1.165, 1.54) is 5.56 Å². The van der Waals surface area contributed by atoms with E-state index in [-0.39, 0.29) is 6.04 Å². The maximum absolute atomic E-state index is 10.1. The molecule has 3 nitrogen and oxygen atoms in total. The Balaban J connectivity index is 1.86.